The summed E-state index contributed by atoms with van der Waals surface area (Å²) in [6.07, 6.45) is 4.01. The summed E-state index contributed by atoms with van der Waals surface area (Å²) in [5, 5.41) is 14.2. The predicted molar refractivity (Wildman–Crippen MR) is 153 cm³/mol. The number of hydrogen-bond donors (Lipinski definition) is 3. The van der Waals surface area contributed by atoms with Crippen molar-refractivity contribution in [1.82, 2.24) is 5.32 Å². The third-order valence-corrected chi connectivity index (χ3v) is 8.72. The molecule has 6 atom stereocenters. The molecule has 1 aliphatic heterocycles. The number of nitrogens with two attached hydrogens (primary N) is 1. The van der Waals surface area contributed by atoms with E-state index in [-0.39, 0.29) is 29.3 Å². The molecule has 2 aliphatic rings. The van der Waals surface area contributed by atoms with Crippen molar-refractivity contribution in [2.45, 2.75) is 84.0 Å². The normalized spacial score (nSPS) is 23.3. The number of methoxy groups -OCH3 is 2. The highest BCUT2D eigenvalue weighted by atomic mass is 16.5. The van der Waals surface area contributed by atoms with Gasteiger partial charge in [-0.1, -0.05) is 33.8 Å². The van der Waals surface area contributed by atoms with Crippen LogP contribution in [0.15, 0.2) is 18.2 Å². The Morgan fingerprint density at radius 2 is 1.92 bits per heavy atom. The van der Waals surface area contributed by atoms with Crippen molar-refractivity contribution in [3.8, 4) is 11.5 Å². The molecule has 3 unspecified atom stereocenters. The maximum atomic E-state index is 13.1. The van der Waals surface area contributed by atoms with Gasteiger partial charge in [-0.15, -0.1) is 0 Å². The number of hydrogen-bond acceptors (Lipinski definition) is 7. The summed E-state index contributed by atoms with van der Waals surface area (Å²) in [6, 6.07) is 5.63. The van der Waals surface area contributed by atoms with Crippen LogP contribution in [0.2, 0.25) is 0 Å². The van der Waals surface area contributed by atoms with E-state index in [0.717, 1.165) is 43.6 Å². The molecule has 0 aromatic heterocycles. The summed E-state index contributed by atoms with van der Waals surface area (Å²) in [5.41, 5.74) is 7.58. The zero-order valence-electron chi connectivity index (χ0n) is 24.9. The molecule has 0 radical (unpaired) electrons. The monoisotopic (exact) mass is 548 g/mol. The van der Waals surface area contributed by atoms with E-state index in [4.69, 9.17) is 24.7 Å². The second-order valence-corrected chi connectivity index (χ2v) is 12.3. The van der Waals surface area contributed by atoms with E-state index in [9.17, 15) is 9.90 Å². The molecule has 3 rings (SSSR count). The molecule has 1 saturated carbocycles. The van der Waals surface area contributed by atoms with E-state index < -0.39 is 12.1 Å². The van der Waals surface area contributed by atoms with E-state index in [2.05, 4.69) is 25.2 Å². The fourth-order valence-electron chi connectivity index (χ4n) is 5.80. The first kappa shape index (κ1) is 31.7. The summed E-state index contributed by atoms with van der Waals surface area (Å²) in [6.45, 7) is 11.0. The van der Waals surface area contributed by atoms with Gasteiger partial charge in [0.05, 0.1) is 25.4 Å². The van der Waals surface area contributed by atoms with E-state index in [1.165, 1.54) is 0 Å². The third kappa shape index (κ3) is 8.81. The van der Waals surface area contributed by atoms with Gasteiger partial charge in [0.15, 0.2) is 11.5 Å². The number of nitrogens with one attached hydrogen (secondary N) is 1. The molecule has 0 bridgehead atoms. The summed E-state index contributed by atoms with van der Waals surface area (Å²) in [4.78, 5) is 13.1. The van der Waals surface area contributed by atoms with Gasteiger partial charge in [0, 0.05) is 45.2 Å². The predicted octanol–water partition coefficient (Wildman–Crippen LogP) is 3.96. The van der Waals surface area contributed by atoms with E-state index >= 15 is 0 Å². The van der Waals surface area contributed by atoms with Crippen molar-refractivity contribution in [1.29, 1.82) is 0 Å². The average molecular weight is 549 g/mol. The fraction of sp³-hybridized carbons (Fsp3) is 0.774. The molecule has 1 amide bonds. The van der Waals surface area contributed by atoms with Crippen molar-refractivity contribution < 1.29 is 28.8 Å². The number of carbonyl (C=O) groups excluding carboxylic acids is 1. The van der Waals surface area contributed by atoms with Gasteiger partial charge in [0.2, 0.25) is 5.91 Å². The molecule has 2 fully saturated rings. The summed E-state index contributed by atoms with van der Waals surface area (Å²) in [5.74, 6) is 2.46. The Hall–Kier alpha value is -1.87. The van der Waals surface area contributed by atoms with Gasteiger partial charge in [0.25, 0.3) is 0 Å². The van der Waals surface area contributed by atoms with Crippen LogP contribution < -0.4 is 20.5 Å². The molecule has 8 nitrogen and oxygen atoms in total. The summed E-state index contributed by atoms with van der Waals surface area (Å²) >= 11 is 0. The Balaban J connectivity index is 1.56. The minimum absolute atomic E-state index is 0.0107. The number of aliphatic hydroxyl groups excluding tert-OH is 1. The minimum Gasteiger partial charge on any atom is -0.493 e. The molecule has 1 aromatic carbocycles. The van der Waals surface area contributed by atoms with Gasteiger partial charge >= 0.3 is 0 Å². The average Bonchev–Trinajstić information content (AvgIpc) is 3.45. The minimum atomic E-state index is -0.755. The largest absolute Gasteiger partial charge is 0.493 e. The molecule has 0 spiro atoms. The van der Waals surface area contributed by atoms with Crippen LogP contribution in [0, 0.1) is 29.6 Å². The summed E-state index contributed by atoms with van der Waals surface area (Å²) in [7, 11) is 3.32. The van der Waals surface area contributed by atoms with Crippen LogP contribution in [0.4, 0.5) is 0 Å². The number of benzene rings is 1. The lowest BCUT2D eigenvalue weighted by Gasteiger charge is -2.30. The van der Waals surface area contributed by atoms with Gasteiger partial charge in [-0.05, 0) is 73.5 Å². The first-order valence-electron chi connectivity index (χ1n) is 14.7. The number of amides is 1. The second-order valence-electron chi connectivity index (χ2n) is 12.3. The Morgan fingerprint density at radius 3 is 2.51 bits per heavy atom. The quantitative estimate of drug-likeness (QED) is 0.238. The highest BCUT2D eigenvalue weighted by Crippen LogP contribution is 2.53. The van der Waals surface area contributed by atoms with E-state index in [1.807, 2.05) is 26.0 Å². The zero-order chi connectivity index (χ0) is 28.6. The van der Waals surface area contributed by atoms with Crippen LogP contribution in [-0.4, -0.2) is 69.3 Å². The zero-order valence-corrected chi connectivity index (χ0v) is 24.9. The highest BCUT2D eigenvalue weighted by molar-refractivity contribution is 5.79. The lowest BCUT2D eigenvalue weighted by Crippen LogP contribution is -2.44. The molecule has 1 aromatic rings. The van der Waals surface area contributed by atoms with Gasteiger partial charge in [0.1, 0.15) is 0 Å². The van der Waals surface area contributed by atoms with Crippen molar-refractivity contribution in [2.24, 2.45) is 35.3 Å². The number of rotatable bonds is 18. The lowest BCUT2D eigenvalue weighted by atomic mass is 9.81. The topological polar surface area (TPSA) is 112 Å². The molecule has 39 heavy (non-hydrogen) atoms. The molecule has 8 heteroatoms. The van der Waals surface area contributed by atoms with Crippen molar-refractivity contribution >= 4 is 5.91 Å². The van der Waals surface area contributed by atoms with Gasteiger partial charge in [-0.25, -0.2) is 0 Å². The second kappa shape index (κ2) is 14.7. The maximum absolute atomic E-state index is 13.1. The molecule has 1 saturated heterocycles. The molecular weight excluding hydrogens is 496 g/mol. The SMILES string of the molecule is COCCCOc1cc(CC(C[C@H](N)C(O)CC(C(=O)NC[C@@]23C[C@H]2CCO3)C(C)C)C(C)C)ccc1OC. The molecule has 4 N–H and O–H groups in total. The van der Waals surface area contributed by atoms with Crippen molar-refractivity contribution in [2.75, 3.05) is 40.6 Å². The number of fused-ring (bicyclic) bond motifs is 1. The van der Waals surface area contributed by atoms with E-state index in [1.54, 1.807) is 14.2 Å². The Labute approximate surface area is 235 Å². The Morgan fingerprint density at radius 1 is 1.15 bits per heavy atom. The Bertz CT molecular complexity index is 909. The fourth-order valence-corrected chi connectivity index (χ4v) is 5.80. The van der Waals surface area contributed by atoms with Crippen LogP contribution in [0.3, 0.4) is 0 Å². The van der Waals surface area contributed by atoms with Crippen LogP contribution in [0.25, 0.3) is 0 Å². The summed E-state index contributed by atoms with van der Waals surface area (Å²) < 4.78 is 22.5. The highest BCUT2D eigenvalue weighted by Gasteiger charge is 2.58. The third-order valence-electron chi connectivity index (χ3n) is 8.72. The van der Waals surface area contributed by atoms with Crippen molar-refractivity contribution in [3.05, 3.63) is 23.8 Å². The van der Waals surface area contributed by atoms with Gasteiger partial charge < -0.3 is 35.1 Å². The van der Waals surface area contributed by atoms with Crippen LogP contribution in [0.5, 0.6) is 11.5 Å². The van der Waals surface area contributed by atoms with E-state index in [0.29, 0.717) is 50.2 Å². The van der Waals surface area contributed by atoms with Crippen LogP contribution in [-0.2, 0) is 20.7 Å². The molecular formula is C31H52N2O6. The smallest absolute Gasteiger partial charge is 0.223 e. The molecule has 1 heterocycles. The number of aliphatic hydroxyl groups is 1. The van der Waals surface area contributed by atoms with Gasteiger partial charge in [-0.2, -0.15) is 0 Å². The first-order chi connectivity index (χ1) is 18.6. The van der Waals surface area contributed by atoms with Crippen molar-refractivity contribution in [3.63, 3.8) is 0 Å². The van der Waals surface area contributed by atoms with Crippen LogP contribution in [0.1, 0.15) is 65.4 Å². The van der Waals surface area contributed by atoms with Crippen LogP contribution >= 0.6 is 0 Å². The number of carbonyl (C=O) groups is 1. The maximum Gasteiger partial charge on any atom is 0.223 e. The lowest BCUT2D eigenvalue weighted by molar-refractivity contribution is -0.128. The standard InChI is InChI=1S/C31H52N2O6/c1-20(2)23(14-22-8-9-28(37-6)29(15-22)38-12-7-11-36-5)16-26(32)27(34)17-25(21(3)4)30(35)33-19-31-18-24(31)10-13-39-31/h8-9,15,20-21,23-27,34H,7,10-14,16-19,32H2,1-6H3,(H,33,35)/t23?,24-,25?,26+,27?,31+/m1/s1. The molecule has 222 valence electrons. The molecule has 1 aliphatic carbocycles. The first-order valence-corrected chi connectivity index (χ1v) is 14.7. The Kier molecular flexibility index (Phi) is 11.9. The van der Waals surface area contributed by atoms with Gasteiger partial charge in [-0.3, -0.25) is 4.79 Å². The number of ether oxygens (including phenoxy) is 4.